The fourth-order valence-corrected chi connectivity index (χ4v) is 7.61. The van der Waals surface area contributed by atoms with Crippen LogP contribution in [-0.4, -0.2) is 35.3 Å². The van der Waals surface area contributed by atoms with Gasteiger partial charge in [0.1, 0.15) is 5.58 Å². The summed E-state index contributed by atoms with van der Waals surface area (Å²) in [7, 11) is -5.53. The van der Waals surface area contributed by atoms with Crippen LogP contribution in [0.4, 0.5) is 13.2 Å². The number of fused-ring (bicyclic) bond motifs is 1. The van der Waals surface area contributed by atoms with Gasteiger partial charge in [-0.2, -0.15) is 17.5 Å². The van der Waals surface area contributed by atoms with Gasteiger partial charge in [-0.25, -0.2) is 8.42 Å². The monoisotopic (exact) mass is 589 g/mol. The Morgan fingerprint density at radius 3 is 2.42 bits per heavy atom. The molecule has 6 nitrogen and oxygen atoms in total. The highest BCUT2D eigenvalue weighted by molar-refractivity contribution is 7.89. The van der Waals surface area contributed by atoms with E-state index >= 15 is 0 Å². The second kappa shape index (κ2) is 11.3. The maximum atomic E-state index is 13.3. The first-order chi connectivity index (χ1) is 19.0. The van der Waals surface area contributed by atoms with Crippen LogP contribution in [0.5, 0.6) is 0 Å². The van der Waals surface area contributed by atoms with Gasteiger partial charge in [0.2, 0.25) is 5.09 Å². The molecule has 1 saturated heterocycles. The molecule has 1 fully saturated rings. The van der Waals surface area contributed by atoms with Crippen LogP contribution in [0, 0.1) is 0 Å². The molecule has 0 bridgehead atoms. The lowest BCUT2D eigenvalue weighted by molar-refractivity contribution is -0.137. The zero-order valence-corrected chi connectivity index (χ0v) is 22.9. The Hall–Kier alpha value is -3.28. The van der Waals surface area contributed by atoms with Gasteiger partial charge in [-0.15, -0.1) is 0 Å². The van der Waals surface area contributed by atoms with Crippen LogP contribution in [0.2, 0.25) is 0 Å². The van der Waals surface area contributed by atoms with E-state index in [0.29, 0.717) is 35.1 Å². The predicted octanol–water partition coefficient (Wildman–Crippen LogP) is 6.11. The molecule has 40 heavy (non-hydrogen) atoms. The van der Waals surface area contributed by atoms with Crippen molar-refractivity contribution in [3.63, 3.8) is 0 Å². The Labute approximate surface area is 232 Å². The van der Waals surface area contributed by atoms with Crippen molar-refractivity contribution in [2.75, 3.05) is 6.54 Å². The van der Waals surface area contributed by atoms with Crippen molar-refractivity contribution in [1.82, 2.24) is 4.31 Å². The number of aryl methyl sites for hydroxylation is 1. The molecule has 0 aliphatic carbocycles. The van der Waals surface area contributed by atoms with E-state index in [2.05, 4.69) is 0 Å². The van der Waals surface area contributed by atoms with E-state index in [1.807, 2.05) is 12.1 Å². The Morgan fingerprint density at radius 1 is 0.975 bits per heavy atom. The fourth-order valence-electron chi connectivity index (χ4n) is 4.89. The summed E-state index contributed by atoms with van der Waals surface area (Å²) in [5.74, 6) is -0.0739. The first-order valence-electron chi connectivity index (χ1n) is 12.7. The number of nitrogens with zero attached hydrogens (tertiary/aromatic N) is 1. The van der Waals surface area contributed by atoms with Crippen LogP contribution in [-0.2, 0) is 44.0 Å². The number of carbonyl (C=O) groups is 1. The molecule has 3 aromatic carbocycles. The third-order valence-corrected chi connectivity index (χ3v) is 10.1. The van der Waals surface area contributed by atoms with E-state index in [0.717, 1.165) is 23.3 Å². The largest absolute Gasteiger partial charge is 0.443 e. The number of rotatable bonds is 9. The normalized spacial score (nSPS) is 17.3. The van der Waals surface area contributed by atoms with E-state index in [4.69, 9.17) is 4.42 Å². The number of carbonyl (C=O) groups excluding carboxylic acids is 1. The molecule has 1 aromatic heterocycles. The number of benzene rings is 3. The predicted molar refractivity (Wildman–Crippen MR) is 144 cm³/mol. The number of hydrogen-bond acceptors (Lipinski definition) is 5. The topological polar surface area (TPSA) is 84.7 Å². The average Bonchev–Trinajstić information content (AvgIpc) is 3.60. The Balaban J connectivity index is 1.22. The van der Waals surface area contributed by atoms with Crippen LogP contribution in [0.3, 0.4) is 0 Å². The number of hydrogen-bond donors (Lipinski definition) is 0. The smallest absolute Gasteiger partial charge is 0.416 e. The quantitative estimate of drug-likeness (QED) is 0.235. The Bertz CT molecular complexity index is 1630. The van der Waals surface area contributed by atoms with E-state index in [1.165, 1.54) is 22.5 Å². The summed E-state index contributed by atoms with van der Waals surface area (Å²) in [6, 6.07) is 19.1. The summed E-state index contributed by atoms with van der Waals surface area (Å²) in [5, 5.41) is 0.490. The maximum absolute atomic E-state index is 13.3. The second-order valence-electron chi connectivity index (χ2n) is 9.68. The van der Waals surface area contributed by atoms with E-state index in [-0.39, 0.29) is 29.6 Å². The second-order valence-corrected chi connectivity index (χ2v) is 12.9. The molecule has 0 N–H and O–H groups in total. The standard InChI is InChI=1S/C29H26F3NO5S2/c30-29(31,32)23-11-13-24(14-12-23)39(35)19-21-6-3-5-20(17-21)10-15-26(34)25-8-4-16-33(25)40(36,37)28-18-22-7-1-2-9-27(22)38-28/h1-3,5-7,9,11-14,17-18,25H,4,8,10,15-16,19H2/t25-,39?/m0/s1. The molecule has 210 valence electrons. The lowest BCUT2D eigenvalue weighted by Crippen LogP contribution is -2.40. The summed E-state index contributed by atoms with van der Waals surface area (Å²) in [6.45, 7) is 0.237. The maximum Gasteiger partial charge on any atom is 0.416 e. The Morgan fingerprint density at radius 2 is 1.70 bits per heavy atom. The van der Waals surface area contributed by atoms with Gasteiger partial charge in [0.05, 0.1) is 28.2 Å². The van der Waals surface area contributed by atoms with Crippen molar-refractivity contribution >= 4 is 37.6 Å². The average molecular weight is 590 g/mol. The summed E-state index contributed by atoms with van der Waals surface area (Å²) in [6.07, 6.45) is -2.96. The Kier molecular flexibility index (Phi) is 7.98. The van der Waals surface area contributed by atoms with Crippen molar-refractivity contribution in [1.29, 1.82) is 0 Å². The molecular formula is C29H26F3NO5S2. The van der Waals surface area contributed by atoms with Crippen LogP contribution >= 0.6 is 0 Å². The van der Waals surface area contributed by atoms with Crippen molar-refractivity contribution in [3.05, 3.63) is 95.6 Å². The van der Waals surface area contributed by atoms with Gasteiger partial charge in [-0.3, -0.25) is 9.00 Å². The summed E-state index contributed by atoms with van der Waals surface area (Å²) in [4.78, 5) is 13.5. The number of para-hydroxylation sites is 1. The van der Waals surface area contributed by atoms with Gasteiger partial charge in [0.15, 0.2) is 5.78 Å². The first kappa shape index (κ1) is 28.3. The van der Waals surface area contributed by atoms with Gasteiger partial charge in [-0.1, -0.05) is 42.5 Å². The van der Waals surface area contributed by atoms with Gasteiger partial charge < -0.3 is 4.42 Å². The van der Waals surface area contributed by atoms with Crippen LogP contribution < -0.4 is 0 Å². The molecule has 4 aromatic rings. The summed E-state index contributed by atoms with van der Waals surface area (Å²) in [5.41, 5.74) is 1.20. The molecule has 1 aliphatic rings. The minimum Gasteiger partial charge on any atom is -0.443 e. The van der Waals surface area contributed by atoms with Gasteiger partial charge in [0, 0.05) is 29.3 Å². The third kappa shape index (κ3) is 6.06. The van der Waals surface area contributed by atoms with Crippen molar-refractivity contribution in [2.24, 2.45) is 0 Å². The van der Waals surface area contributed by atoms with Crippen LogP contribution in [0.15, 0.2) is 93.3 Å². The summed E-state index contributed by atoms with van der Waals surface area (Å²) >= 11 is 0. The fraction of sp³-hybridized carbons (Fsp3) is 0.276. The van der Waals surface area contributed by atoms with Gasteiger partial charge in [-0.05, 0) is 60.7 Å². The lowest BCUT2D eigenvalue weighted by atomic mass is 10.0. The molecule has 5 rings (SSSR count). The molecule has 0 spiro atoms. The number of Topliss-reactive ketones (excluding diaryl/α,β-unsaturated/α-hetero) is 1. The molecule has 0 saturated carbocycles. The molecule has 1 aliphatic heterocycles. The molecule has 0 radical (unpaired) electrons. The number of ketones is 1. The van der Waals surface area contributed by atoms with Crippen LogP contribution in [0.1, 0.15) is 36.0 Å². The van der Waals surface area contributed by atoms with E-state index < -0.39 is 38.6 Å². The number of halogens is 3. The van der Waals surface area contributed by atoms with Crippen molar-refractivity contribution in [3.8, 4) is 0 Å². The molecular weight excluding hydrogens is 563 g/mol. The number of alkyl halides is 3. The highest BCUT2D eigenvalue weighted by Crippen LogP contribution is 2.32. The van der Waals surface area contributed by atoms with E-state index in [1.54, 1.807) is 36.4 Å². The number of furan rings is 1. The molecule has 2 atom stereocenters. The molecule has 2 heterocycles. The SMILES string of the molecule is O=C(CCc1cccc(CS(=O)c2ccc(C(F)(F)F)cc2)c1)[C@@H]1CCCN1S(=O)(=O)c1cc2ccccc2o1. The molecule has 11 heteroatoms. The highest BCUT2D eigenvalue weighted by atomic mass is 32.2. The zero-order chi connectivity index (χ0) is 28.5. The van der Waals surface area contributed by atoms with Gasteiger partial charge >= 0.3 is 6.18 Å². The molecule has 1 unspecified atom stereocenters. The lowest BCUT2D eigenvalue weighted by Gasteiger charge is -2.21. The minimum atomic E-state index is -4.46. The number of sulfonamides is 1. The summed E-state index contributed by atoms with van der Waals surface area (Å²) < 4.78 is 84.6. The third-order valence-electron chi connectivity index (χ3n) is 6.93. The van der Waals surface area contributed by atoms with Crippen molar-refractivity contribution in [2.45, 2.75) is 53.6 Å². The first-order valence-corrected chi connectivity index (χ1v) is 15.4. The van der Waals surface area contributed by atoms with Crippen LogP contribution in [0.25, 0.3) is 11.0 Å². The highest BCUT2D eigenvalue weighted by Gasteiger charge is 2.40. The van der Waals surface area contributed by atoms with Crippen molar-refractivity contribution < 1.29 is 35.0 Å². The van der Waals surface area contributed by atoms with Gasteiger partial charge in [0.25, 0.3) is 10.0 Å². The zero-order valence-electron chi connectivity index (χ0n) is 21.3. The van der Waals surface area contributed by atoms with E-state index in [9.17, 15) is 30.6 Å². The molecule has 0 amide bonds. The minimum absolute atomic E-state index is 0.110.